The molecule has 1 N–H and O–H groups in total. The molecule has 0 saturated carbocycles. The number of hydrogen-bond donors (Lipinski definition) is 1. The van der Waals surface area contributed by atoms with Crippen molar-refractivity contribution in [1.82, 2.24) is 0 Å². The molecule has 2 rings (SSSR count). The number of rotatable bonds is 19. The Hall–Kier alpha value is -1.39. The lowest BCUT2D eigenvalue weighted by Gasteiger charge is -2.14. The third kappa shape index (κ3) is 10.1. The zero-order valence-electron chi connectivity index (χ0n) is 21.8. The van der Waals surface area contributed by atoms with E-state index in [9.17, 15) is 13.0 Å². The molecular weight excluding hydrogens is 440 g/mol. The molecule has 0 aromatic heterocycles. The van der Waals surface area contributed by atoms with Crippen molar-refractivity contribution >= 4 is 20.9 Å². The first-order valence-electron chi connectivity index (χ1n) is 14.0. The van der Waals surface area contributed by atoms with Crippen molar-refractivity contribution in [3.05, 3.63) is 41.5 Å². The van der Waals surface area contributed by atoms with E-state index in [-0.39, 0.29) is 4.90 Å². The average Bonchev–Trinajstić information content (AvgIpc) is 2.82. The van der Waals surface area contributed by atoms with E-state index in [1.54, 1.807) is 12.1 Å². The molecule has 0 unspecified atom stereocenters. The van der Waals surface area contributed by atoms with Crippen LogP contribution in [0, 0.1) is 0 Å². The highest BCUT2D eigenvalue weighted by atomic mass is 32.2. The highest BCUT2D eigenvalue weighted by molar-refractivity contribution is 7.86. The molecule has 2 aromatic rings. The van der Waals surface area contributed by atoms with Crippen molar-refractivity contribution in [2.75, 3.05) is 0 Å². The van der Waals surface area contributed by atoms with Crippen LogP contribution < -0.4 is 0 Å². The van der Waals surface area contributed by atoms with Crippen molar-refractivity contribution in [3.8, 4) is 0 Å². The average molecular weight is 489 g/mol. The van der Waals surface area contributed by atoms with Gasteiger partial charge in [-0.2, -0.15) is 8.42 Å². The molecule has 0 aliphatic rings. The minimum atomic E-state index is -4.26. The molecule has 3 nitrogen and oxygen atoms in total. The molecule has 0 fully saturated rings. The molecule has 4 heteroatoms. The van der Waals surface area contributed by atoms with Crippen molar-refractivity contribution in [3.63, 3.8) is 0 Å². The molecule has 192 valence electrons. The first-order chi connectivity index (χ1) is 16.5. The standard InChI is InChI=1S/C30H48O3S/c1-3-5-7-9-11-13-15-17-20-26-24-25-27(21-18-16-14-12-10-8-6-4-2)30-28(26)22-19-23-29(30)34(31,32)33/h19,22-25H,3-18,20-21H2,1-2H3,(H,31,32,33). The van der Waals surface area contributed by atoms with Crippen LogP contribution in [-0.4, -0.2) is 13.0 Å². The SMILES string of the molecule is CCCCCCCCCCc1ccc(CCCCCCCCCC)c2c(S(=O)(=O)O)cccc12. The van der Waals surface area contributed by atoms with Gasteiger partial charge in [-0.25, -0.2) is 0 Å². The summed E-state index contributed by atoms with van der Waals surface area (Å²) in [7, 11) is -4.26. The fraction of sp³-hybridized carbons (Fsp3) is 0.667. The summed E-state index contributed by atoms with van der Waals surface area (Å²) in [4.78, 5) is 0.0670. The van der Waals surface area contributed by atoms with Gasteiger partial charge >= 0.3 is 0 Å². The maximum atomic E-state index is 12.2. The third-order valence-corrected chi connectivity index (χ3v) is 7.95. The lowest BCUT2D eigenvalue weighted by Crippen LogP contribution is -2.03. The number of benzene rings is 2. The Morgan fingerprint density at radius 1 is 0.588 bits per heavy atom. The summed E-state index contributed by atoms with van der Waals surface area (Å²) in [6, 6.07) is 9.65. The van der Waals surface area contributed by atoms with Crippen LogP contribution >= 0.6 is 0 Å². The summed E-state index contributed by atoms with van der Waals surface area (Å²) in [5.74, 6) is 0. The van der Waals surface area contributed by atoms with Crippen molar-refractivity contribution in [1.29, 1.82) is 0 Å². The van der Waals surface area contributed by atoms with Crippen LogP contribution in [0.3, 0.4) is 0 Å². The molecular formula is C30H48O3S. The van der Waals surface area contributed by atoms with Crippen molar-refractivity contribution in [2.45, 2.75) is 134 Å². The molecule has 0 saturated heterocycles. The summed E-state index contributed by atoms with van der Waals surface area (Å²) < 4.78 is 34.3. The smallest absolute Gasteiger partial charge is 0.282 e. The van der Waals surface area contributed by atoms with Crippen LogP contribution in [0.1, 0.15) is 128 Å². The van der Waals surface area contributed by atoms with Gasteiger partial charge in [0.15, 0.2) is 0 Å². The Kier molecular flexibility index (Phi) is 13.8. The maximum absolute atomic E-state index is 12.2. The fourth-order valence-corrected chi connectivity index (χ4v) is 5.79. The summed E-state index contributed by atoms with van der Waals surface area (Å²) in [6.45, 7) is 4.49. The minimum Gasteiger partial charge on any atom is -0.282 e. The summed E-state index contributed by atoms with van der Waals surface area (Å²) >= 11 is 0. The maximum Gasteiger partial charge on any atom is 0.295 e. The Labute approximate surface area is 209 Å². The van der Waals surface area contributed by atoms with E-state index in [1.165, 1.54) is 95.5 Å². The Morgan fingerprint density at radius 3 is 1.53 bits per heavy atom. The molecule has 0 bridgehead atoms. The molecule has 0 heterocycles. The molecule has 0 aliphatic heterocycles. The van der Waals surface area contributed by atoms with Gasteiger partial charge in [0.2, 0.25) is 0 Å². The number of hydrogen-bond acceptors (Lipinski definition) is 2. The lowest BCUT2D eigenvalue weighted by atomic mass is 9.93. The van der Waals surface area contributed by atoms with Crippen LogP contribution in [0.5, 0.6) is 0 Å². The van der Waals surface area contributed by atoms with Crippen LogP contribution in [0.2, 0.25) is 0 Å². The van der Waals surface area contributed by atoms with Gasteiger partial charge < -0.3 is 0 Å². The lowest BCUT2D eigenvalue weighted by molar-refractivity contribution is 0.484. The first-order valence-corrected chi connectivity index (χ1v) is 15.4. The van der Waals surface area contributed by atoms with Gasteiger partial charge in [-0.05, 0) is 48.3 Å². The molecule has 0 atom stereocenters. The van der Waals surface area contributed by atoms with Crippen molar-refractivity contribution in [2.24, 2.45) is 0 Å². The monoisotopic (exact) mass is 488 g/mol. The third-order valence-electron chi connectivity index (χ3n) is 7.06. The van der Waals surface area contributed by atoms with E-state index in [0.717, 1.165) is 42.0 Å². The fourth-order valence-electron chi connectivity index (χ4n) is 5.04. The van der Waals surface area contributed by atoms with E-state index >= 15 is 0 Å². The van der Waals surface area contributed by atoms with E-state index in [4.69, 9.17) is 0 Å². The normalized spacial score (nSPS) is 12.0. The number of fused-ring (bicyclic) bond motifs is 1. The molecule has 0 aliphatic carbocycles. The Balaban J connectivity index is 2.01. The number of aryl methyl sites for hydroxylation is 2. The minimum absolute atomic E-state index is 0.0670. The topological polar surface area (TPSA) is 54.4 Å². The van der Waals surface area contributed by atoms with Crippen LogP contribution in [0.25, 0.3) is 10.8 Å². The molecule has 0 radical (unpaired) electrons. The largest absolute Gasteiger partial charge is 0.295 e. The molecule has 0 amide bonds. The van der Waals surface area contributed by atoms with Crippen molar-refractivity contribution < 1.29 is 13.0 Å². The van der Waals surface area contributed by atoms with E-state index in [0.29, 0.717) is 0 Å². The quantitative estimate of drug-likeness (QED) is 0.158. The molecule has 0 spiro atoms. The second kappa shape index (κ2) is 16.3. The number of unbranched alkanes of at least 4 members (excludes halogenated alkanes) is 14. The van der Waals surface area contributed by atoms with E-state index in [1.807, 2.05) is 6.07 Å². The van der Waals surface area contributed by atoms with Gasteiger partial charge in [0, 0.05) is 5.39 Å². The summed E-state index contributed by atoms with van der Waals surface area (Å²) in [5.41, 5.74) is 2.25. The zero-order chi connectivity index (χ0) is 24.7. The molecule has 2 aromatic carbocycles. The highest BCUT2D eigenvalue weighted by Gasteiger charge is 2.18. The van der Waals surface area contributed by atoms with Gasteiger partial charge in [0.25, 0.3) is 10.1 Å². The van der Waals surface area contributed by atoms with Gasteiger partial charge in [-0.15, -0.1) is 0 Å². The Morgan fingerprint density at radius 2 is 1.03 bits per heavy atom. The molecule has 34 heavy (non-hydrogen) atoms. The highest BCUT2D eigenvalue weighted by Crippen LogP contribution is 2.31. The van der Waals surface area contributed by atoms with E-state index in [2.05, 4.69) is 26.0 Å². The van der Waals surface area contributed by atoms with Crippen LogP contribution in [-0.2, 0) is 23.0 Å². The second-order valence-corrected chi connectivity index (χ2v) is 11.4. The zero-order valence-corrected chi connectivity index (χ0v) is 22.6. The van der Waals surface area contributed by atoms with Gasteiger partial charge in [0.1, 0.15) is 4.90 Å². The van der Waals surface area contributed by atoms with Gasteiger partial charge in [0.05, 0.1) is 0 Å². The van der Waals surface area contributed by atoms with Gasteiger partial charge in [-0.1, -0.05) is 128 Å². The van der Waals surface area contributed by atoms with Gasteiger partial charge in [-0.3, -0.25) is 4.55 Å². The second-order valence-electron chi connectivity index (χ2n) is 9.99. The predicted molar refractivity (Wildman–Crippen MR) is 146 cm³/mol. The first kappa shape index (κ1) is 28.8. The van der Waals surface area contributed by atoms with Crippen LogP contribution in [0.15, 0.2) is 35.2 Å². The Bertz CT molecular complexity index is 933. The van der Waals surface area contributed by atoms with E-state index < -0.39 is 10.1 Å². The predicted octanol–water partition coefficient (Wildman–Crippen LogP) is 9.45. The summed E-state index contributed by atoms with van der Waals surface area (Å²) in [5, 5.41) is 1.74. The summed E-state index contributed by atoms with van der Waals surface area (Å²) in [6.07, 6.45) is 22.0. The van der Waals surface area contributed by atoms with Crippen LogP contribution in [0.4, 0.5) is 0 Å².